The molecule has 1 atom stereocenters. The minimum Gasteiger partial charge on any atom is -0.445 e. The van der Waals surface area contributed by atoms with Crippen LogP contribution in [0.15, 0.2) is 60.7 Å². The molecule has 0 aliphatic rings. The molecular formula is C18H20ClNO4S. The molecular weight excluding hydrogens is 362 g/mol. The monoisotopic (exact) mass is 381 g/mol. The lowest BCUT2D eigenvalue weighted by Crippen LogP contribution is -2.39. The van der Waals surface area contributed by atoms with Crippen molar-refractivity contribution in [2.24, 2.45) is 0 Å². The summed E-state index contributed by atoms with van der Waals surface area (Å²) in [6.07, 6.45) is 0.398. The Hall–Kier alpha value is -2.05. The number of carbonyl (C=O) groups excluding carboxylic acids is 1. The second kappa shape index (κ2) is 9.44. The van der Waals surface area contributed by atoms with E-state index in [2.05, 4.69) is 5.32 Å². The van der Waals surface area contributed by atoms with Gasteiger partial charge in [0.25, 0.3) is 0 Å². The number of amides is 1. The molecule has 0 aliphatic heterocycles. The van der Waals surface area contributed by atoms with E-state index >= 15 is 0 Å². The number of halogens is 1. The fourth-order valence-corrected chi connectivity index (χ4v) is 3.54. The molecule has 0 fully saturated rings. The molecule has 134 valence electrons. The summed E-state index contributed by atoms with van der Waals surface area (Å²) in [7, 11) is 1.61. The van der Waals surface area contributed by atoms with E-state index in [1.54, 1.807) is 0 Å². The topological polar surface area (TPSA) is 72.5 Å². The number of ether oxygens (including phenoxy) is 1. The normalized spacial score (nSPS) is 12.4. The van der Waals surface area contributed by atoms with Crippen molar-refractivity contribution >= 4 is 25.8 Å². The zero-order chi connectivity index (χ0) is 18.1. The third-order valence-corrected chi connectivity index (χ3v) is 4.74. The van der Waals surface area contributed by atoms with Crippen LogP contribution in [0, 0.1) is 0 Å². The summed E-state index contributed by atoms with van der Waals surface area (Å²) in [5.41, 5.74) is 1.90. The maximum absolute atomic E-state index is 12.0. The number of benzene rings is 2. The summed E-state index contributed by atoms with van der Waals surface area (Å²) in [6, 6.07) is 18.2. The molecule has 5 nitrogen and oxygen atoms in total. The fraction of sp³-hybridized carbons (Fsp3) is 0.278. The van der Waals surface area contributed by atoms with Gasteiger partial charge in [0.2, 0.25) is 9.05 Å². The first-order valence-electron chi connectivity index (χ1n) is 7.86. The molecule has 1 amide bonds. The van der Waals surface area contributed by atoms with Crippen LogP contribution in [0.4, 0.5) is 4.79 Å². The highest BCUT2D eigenvalue weighted by atomic mass is 35.7. The van der Waals surface area contributed by atoms with Gasteiger partial charge < -0.3 is 10.1 Å². The standard InChI is InChI=1S/C18H20ClNO4S/c19-25(22,23)14-17(12-11-15-7-3-1-4-8-15)20-18(21)24-13-16-9-5-2-6-10-16/h1-10,17H,11-14H2,(H,20,21)/t17-/m0/s1. The van der Waals surface area contributed by atoms with Crippen LogP contribution in [0.3, 0.4) is 0 Å². The van der Waals surface area contributed by atoms with Crippen molar-refractivity contribution < 1.29 is 17.9 Å². The molecule has 0 unspecified atom stereocenters. The zero-order valence-corrected chi connectivity index (χ0v) is 15.2. The first-order chi connectivity index (χ1) is 11.9. The molecule has 0 spiro atoms. The molecule has 0 aromatic heterocycles. The Labute approximate surface area is 152 Å². The number of hydrogen-bond donors (Lipinski definition) is 1. The lowest BCUT2D eigenvalue weighted by Gasteiger charge is -2.17. The van der Waals surface area contributed by atoms with Crippen LogP contribution < -0.4 is 5.32 Å². The van der Waals surface area contributed by atoms with Gasteiger partial charge in [-0.1, -0.05) is 60.7 Å². The average Bonchev–Trinajstić information content (AvgIpc) is 2.58. The van der Waals surface area contributed by atoms with Gasteiger partial charge in [0, 0.05) is 16.7 Å². The van der Waals surface area contributed by atoms with Gasteiger partial charge >= 0.3 is 6.09 Å². The lowest BCUT2D eigenvalue weighted by atomic mass is 10.1. The molecule has 7 heteroatoms. The minimum atomic E-state index is -3.74. The minimum absolute atomic E-state index is 0.117. The molecule has 0 saturated carbocycles. The van der Waals surface area contributed by atoms with Gasteiger partial charge in [-0.2, -0.15) is 0 Å². The molecule has 0 bridgehead atoms. The predicted molar refractivity (Wildman–Crippen MR) is 98.0 cm³/mol. The van der Waals surface area contributed by atoms with E-state index in [1.807, 2.05) is 60.7 Å². The van der Waals surface area contributed by atoms with E-state index in [4.69, 9.17) is 15.4 Å². The maximum atomic E-state index is 12.0. The first-order valence-corrected chi connectivity index (χ1v) is 10.3. The molecule has 2 aromatic carbocycles. The third-order valence-electron chi connectivity index (χ3n) is 3.56. The highest BCUT2D eigenvalue weighted by molar-refractivity contribution is 8.13. The molecule has 25 heavy (non-hydrogen) atoms. The maximum Gasteiger partial charge on any atom is 0.407 e. The van der Waals surface area contributed by atoms with Crippen LogP contribution >= 0.6 is 10.7 Å². The summed E-state index contributed by atoms with van der Waals surface area (Å²) < 4.78 is 27.9. The Morgan fingerprint density at radius 1 is 1.00 bits per heavy atom. The SMILES string of the molecule is O=C(N[C@@H](CCc1ccccc1)CS(=O)(=O)Cl)OCc1ccccc1. The van der Waals surface area contributed by atoms with Crippen molar-refractivity contribution in [3.63, 3.8) is 0 Å². The van der Waals surface area contributed by atoms with Crippen molar-refractivity contribution in [3.8, 4) is 0 Å². The summed E-state index contributed by atoms with van der Waals surface area (Å²) in [5, 5.41) is 2.59. The lowest BCUT2D eigenvalue weighted by molar-refractivity contribution is 0.136. The van der Waals surface area contributed by atoms with Crippen molar-refractivity contribution in [2.45, 2.75) is 25.5 Å². The Bertz CT molecular complexity index is 766. The van der Waals surface area contributed by atoms with Crippen LogP contribution in [0.25, 0.3) is 0 Å². The van der Waals surface area contributed by atoms with Crippen molar-refractivity contribution in [1.82, 2.24) is 5.32 Å². The summed E-state index contributed by atoms with van der Waals surface area (Å²) in [6.45, 7) is 0.117. The highest BCUT2D eigenvalue weighted by Gasteiger charge is 2.20. The Balaban J connectivity index is 1.89. The van der Waals surface area contributed by atoms with Crippen molar-refractivity contribution in [2.75, 3.05) is 5.75 Å². The van der Waals surface area contributed by atoms with E-state index in [0.717, 1.165) is 11.1 Å². The van der Waals surface area contributed by atoms with Crippen LogP contribution in [0.1, 0.15) is 17.5 Å². The molecule has 2 aromatic rings. The highest BCUT2D eigenvalue weighted by Crippen LogP contribution is 2.10. The van der Waals surface area contributed by atoms with Crippen LogP contribution in [0.2, 0.25) is 0 Å². The van der Waals surface area contributed by atoms with Gasteiger partial charge in [0.05, 0.1) is 5.75 Å². The third kappa shape index (κ3) is 8.05. The van der Waals surface area contributed by atoms with Crippen molar-refractivity contribution in [1.29, 1.82) is 0 Å². The van der Waals surface area contributed by atoms with Crippen LogP contribution in [-0.2, 0) is 26.8 Å². The van der Waals surface area contributed by atoms with Crippen LogP contribution in [-0.4, -0.2) is 26.3 Å². The Kier molecular flexibility index (Phi) is 7.28. The van der Waals surface area contributed by atoms with E-state index < -0.39 is 21.2 Å². The van der Waals surface area contributed by atoms with Gasteiger partial charge in [0.15, 0.2) is 0 Å². The van der Waals surface area contributed by atoms with E-state index in [0.29, 0.717) is 12.8 Å². The Morgan fingerprint density at radius 2 is 1.56 bits per heavy atom. The second-order valence-electron chi connectivity index (χ2n) is 5.63. The van der Waals surface area contributed by atoms with Gasteiger partial charge in [-0.05, 0) is 24.0 Å². The molecule has 0 radical (unpaired) electrons. The first kappa shape index (κ1) is 19.3. The summed E-state index contributed by atoms with van der Waals surface area (Å²) in [5.74, 6) is -0.345. The van der Waals surface area contributed by atoms with Gasteiger partial charge in [-0.25, -0.2) is 13.2 Å². The Morgan fingerprint density at radius 3 is 2.12 bits per heavy atom. The van der Waals surface area contributed by atoms with Gasteiger partial charge in [-0.3, -0.25) is 0 Å². The molecule has 1 N–H and O–H groups in total. The number of hydrogen-bond acceptors (Lipinski definition) is 4. The quantitative estimate of drug-likeness (QED) is 0.710. The van der Waals surface area contributed by atoms with Crippen molar-refractivity contribution in [3.05, 3.63) is 71.8 Å². The molecule has 2 rings (SSSR count). The smallest absolute Gasteiger partial charge is 0.407 e. The average molecular weight is 382 g/mol. The van der Waals surface area contributed by atoms with Gasteiger partial charge in [0.1, 0.15) is 6.61 Å². The fourth-order valence-electron chi connectivity index (χ4n) is 2.35. The largest absolute Gasteiger partial charge is 0.445 e. The van der Waals surface area contributed by atoms with E-state index in [9.17, 15) is 13.2 Å². The van der Waals surface area contributed by atoms with E-state index in [1.165, 1.54) is 0 Å². The van der Waals surface area contributed by atoms with E-state index in [-0.39, 0.29) is 12.4 Å². The zero-order valence-electron chi connectivity index (χ0n) is 13.6. The number of aryl methyl sites for hydroxylation is 1. The second-order valence-corrected chi connectivity index (χ2v) is 8.45. The summed E-state index contributed by atoms with van der Waals surface area (Å²) in [4.78, 5) is 12.0. The van der Waals surface area contributed by atoms with Gasteiger partial charge in [-0.15, -0.1) is 0 Å². The number of alkyl carbamates (subject to hydrolysis) is 1. The predicted octanol–water partition coefficient (Wildman–Crippen LogP) is 3.48. The number of carbonyl (C=O) groups is 1. The molecule has 0 aliphatic carbocycles. The number of nitrogens with one attached hydrogen (secondary N) is 1. The van der Waals surface area contributed by atoms with Crippen LogP contribution in [0.5, 0.6) is 0 Å². The number of rotatable bonds is 8. The summed E-state index contributed by atoms with van der Waals surface area (Å²) >= 11 is 0. The molecule has 0 saturated heterocycles. The molecule has 0 heterocycles.